The zero-order valence-corrected chi connectivity index (χ0v) is 8.18. The lowest BCUT2D eigenvalue weighted by atomic mass is 10.3. The minimum atomic E-state index is -0.0723. The van der Waals surface area contributed by atoms with Crippen LogP contribution in [0.3, 0.4) is 0 Å². The maximum atomic E-state index is 11.3. The summed E-state index contributed by atoms with van der Waals surface area (Å²) in [6.07, 6.45) is 5.69. The highest BCUT2D eigenvalue weighted by Gasteiger charge is 2.01. The van der Waals surface area contributed by atoms with E-state index in [2.05, 4.69) is 10.3 Å². The minimum absolute atomic E-state index is 0.0723. The first kappa shape index (κ1) is 9.67. The summed E-state index contributed by atoms with van der Waals surface area (Å²) in [6.45, 7) is 0.360. The molecular formula is C10H12N4O. The van der Waals surface area contributed by atoms with Crippen molar-refractivity contribution in [3.8, 4) is 0 Å². The normalized spacial score (nSPS) is 10.5. The number of anilines is 1. The first-order valence-corrected chi connectivity index (χ1v) is 4.72. The van der Waals surface area contributed by atoms with Crippen molar-refractivity contribution in [1.82, 2.24) is 9.38 Å². The molecule has 0 aromatic carbocycles. The molecule has 0 aliphatic heterocycles. The van der Waals surface area contributed by atoms with Gasteiger partial charge in [-0.05, 0) is 12.1 Å². The van der Waals surface area contributed by atoms with Gasteiger partial charge in [0, 0.05) is 31.6 Å². The molecule has 78 valence electrons. The molecule has 0 atom stereocenters. The van der Waals surface area contributed by atoms with Crippen molar-refractivity contribution in [2.75, 3.05) is 11.9 Å². The molecule has 0 fully saturated rings. The van der Waals surface area contributed by atoms with Crippen molar-refractivity contribution in [2.45, 2.75) is 6.42 Å². The van der Waals surface area contributed by atoms with E-state index in [1.807, 2.05) is 28.9 Å². The van der Waals surface area contributed by atoms with E-state index in [1.54, 1.807) is 6.20 Å². The van der Waals surface area contributed by atoms with Crippen LogP contribution in [0.25, 0.3) is 5.65 Å². The first-order chi connectivity index (χ1) is 7.29. The molecule has 0 aliphatic rings. The predicted octanol–water partition coefficient (Wildman–Crippen LogP) is 0.622. The molecule has 0 saturated carbocycles. The number of fused-ring (bicyclic) bond motifs is 1. The quantitative estimate of drug-likeness (QED) is 0.769. The van der Waals surface area contributed by atoms with Crippen LogP contribution in [-0.2, 0) is 4.79 Å². The number of carbonyl (C=O) groups excluding carboxylic acids is 1. The summed E-state index contributed by atoms with van der Waals surface area (Å²) in [4.78, 5) is 15.4. The molecule has 2 heterocycles. The van der Waals surface area contributed by atoms with Crippen molar-refractivity contribution in [3.05, 3.63) is 30.7 Å². The van der Waals surface area contributed by atoms with E-state index in [1.165, 1.54) is 0 Å². The number of amides is 1. The van der Waals surface area contributed by atoms with E-state index < -0.39 is 0 Å². The summed E-state index contributed by atoms with van der Waals surface area (Å²) in [5.74, 6) is -0.0723. The lowest BCUT2D eigenvalue weighted by Crippen LogP contribution is -2.16. The van der Waals surface area contributed by atoms with Gasteiger partial charge in [0.2, 0.25) is 5.91 Å². The highest BCUT2D eigenvalue weighted by atomic mass is 16.1. The molecule has 0 unspecified atom stereocenters. The predicted molar refractivity (Wildman–Crippen MR) is 57.5 cm³/mol. The largest absolute Gasteiger partial charge is 0.330 e. The van der Waals surface area contributed by atoms with Crippen LogP contribution in [0.15, 0.2) is 30.7 Å². The van der Waals surface area contributed by atoms with Gasteiger partial charge < -0.3 is 15.5 Å². The zero-order chi connectivity index (χ0) is 10.7. The molecule has 15 heavy (non-hydrogen) atoms. The van der Waals surface area contributed by atoms with Crippen molar-refractivity contribution >= 4 is 17.2 Å². The third kappa shape index (κ3) is 2.13. The third-order valence-corrected chi connectivity index (χ3v) is 2.04. The van der Waals surface area contributed by atoms with Crippen LogP contribution in [0.2, 0.25) is 0 Å². The molecule has 5 heteroatoms. The summed E-state index contributed by atoms with van der Waals surface area (Å²) in [6, 6.07) is 3.66. The molecule has 0 radical (unpaired) electrons. The standard InChI is InChI=1S/C10H12N4O/c11-4-3-10(15)13-8-1-2-9-12-5-6-14(9)7-8/h1-2,5-7H,3-4,11H2,(H,13,15). The Balaban J connectivity index is 2.17. The molecule has 0 bridgehead atoms. The highest BCUT2D eigenvalue weighted by Crippen LogP contribution is 2.09. The molecule has 0 aliphatic carbocycles. The number of imidazole rings is 1. The van der Waals surface area contributed by atoms with Gasteiger partial charge in [-0.15, -0.1) is 0 Å². The minimum Gasteiger partial charge on any atom is -0.330 e. The van der Waals surface area contributed by atoms with Gasteiger partial charge in [0.05, 0.1) is 5.69 Å². The van der Waals surface area contributed by atoms with Crippen molar-refractivity contribution in [3.63, 3.8) is 0 Å². The molecule has 5 nitrogen and oxygen atoms in total. The molecule has 2 aromatic heterocycles. The second-order valence-corrected chi connectivity index (χ2v) is 3.20. The van der Waals surface area contributed by atoms with Gasteiger partial charge in [0.15, 0.2) is 0 Å². The SMILES string of the molecule is NCCC(=O)Nc1ccc2nccn2c1. The highest BCUT2D eigenvalue weighted by molar-refractivity contribution is 5.90. The summed E-state index contributed by atoms with van der Waals surface area (Å²) in [5.41, 5.74) is 6.88. The van der Waals surface area contributed by atoms with Gasteiger partial charge in [-0.3, -0.25) is 4.79 Å². The number of hydrogen-bond acceptors (Lipinski definition) is 3. The van der Waals surface area contributed by atoms with Crippen LogP contribution < -0.4 is 11.1 Å². The second kappa shape index (κ2) is 4.10. The van der Waals surface area contributed by atoms with E-state index >= 15 is 0 Å². The number of pyridine rings is 1. The van der Waals surface area contributed by atoms with Gasteiger partial charge in [-0.2, -0.15) is 0 Å². The maximum absolute atomic E-state index is 11.3. The van der Waals surface area contributed by atoms with Crippen LogP contribution in [0.1, 0.15) is 6.42 Å². The van der Waals surface area contributed by atoms with E-state index in [9.17, 15) is 4.79 Å². The number of hydrogen-bond donors (Lipinski definition) is 2. The summed E-state index contributed by atoms with van der Waals surface area (Å²) < 4.78 is 1.85. The van der Waals surface area contributed by atoms with Crippen LogP contribution in [0.4, 0.5) is 5.69 Å². The van der Waals surface area contributed by atoms with E-state index in [0.717, 1.165) is 11.3 Å². The van der Waals surface area contributed by atoms with Crippen LogP contribution in [0.5, 0.6) is 0 Å². The van der Waals surface area contributed by atoms with Crippen molar-refractivity contribution in [1.29, 1.82) is 0 Å². The fraction of sp³-hybridized carbons (Fsp3) is 0.200. The Labute approximate surface area is 86.9 Å². The van der Waals surface area contributed by atoms with Gasteiger partial charge in [0.1, 0.15) is 5.65 Å². The summed E-state index contributed by atoms with van der Waals surface area (Å²) in [7, 11) is 0. The lowest BCUT2D eigenvalue weighted by molar-refractivity contribution is -0.116. The van der Waals surface area contributed by atoms with Gasteiger partial charge in [0.25, 0.3) is 0 Å². The van der Waals surface area contributed by atoms with Crippen LogP contribution in [-0.4, -0.2) is 21.8 Å². The Kier molecular flexibility index (Phi) is 2.64. The third-order valence-electron chi connectivity index (χ3n) is 2.04. The van der Waals surface area contributed by atoms with Crippen molar-refractivity contribution < 1.29 is 4.79 Å². The number of nitrogens with one attached hydrogen (secondary N) is 1. The van der Waals surface area contributed by atoms with E-state index in [-0.39, 0.29) is 5.91 Å². The number of carbonyl (C=O) groups is 1. The molecule has 2 rings (SSSR count). The molecular weight excluding hydrogens is 192 g/mol. The Morgan fingerprint density at radius 2 is 2.40 bits per heavy atom. The molecule has 0 spiro atoms. The lowest BCUT2D eigenvalue weighted by Gasteiger charge is -2.04. The smallest absolute Gasteiger partial charge is 0.225 e. The Morgan fingerprint density at radius 1 is 1.53 bits per heavy atom. The summed E-state index contributed by atoms with van der Waals surface area (Å²) >= 11 is 0. The maximum Gasteiger partial charge on any atom is 0.225 e. The monoisotopic (exact) mass is 204 g/mol. The number of aromatic nitrogens is 2. The molecule has 3 N–H and O–H groups in total. The Morgan fingerprint density at radius 3 is 3.20 bits per heavy atom. The van der Waals surface area contributed by atoms with E-state index in [4.69, 9.17) is 5.73 Å². The average Bonchev–Trinajstić information content (AvgIpc) is 2.65. The van der Waals surface area contributed by atoms with E-state index in [0.29, 0.717) is 13.0 Å². The first-order valence-electron chi connectivity index (χ1n) is 4.72. The Hall–Kier alpha value is -1.88. The van der Waals surface area contributed by atoms with Gasteiger partial charge in [-0.1, -0.05) is 0 Å². The molecule has 1 amide bonds. The number of rotatable bonds is 3. The number of nitrogens with zero attached hydrogens (tertiary/aromatic N) is 2. The Bertz CT molecular complexity index is 477. The van der Waals surface area contributed by atoms with Gasteiger partial charge >= 0.3 is 0 Å². The average molecular weight is 204 g/mol. The topological polar surface area (TPSA) is 72.4 Å². The number of nitrogens with two attached hydrogens (primary N) is 1. The fourth-order valence-electron chi connectivity index (χ4n) is 1.35. The molecule has 2 aromatic rings. The van der Waals surface area contributed by atoms with Gasteiger partial charge in [-0.25, -0.2) is 4.98 Å². The van der Waals surface area contributed by atoms with Crippen LogP contribution in [0, 0.1) is 0 Å². The molecule has 0 saturated heterocycles. The zero-order valence-electron chi connectivity index (χ0n) is 8.18. The second-order valence-electron chi connectivity index (χ2n) is 3.20. The van der Waals surface area contributed by atoms with Crippen molar-refractivity contribution in [2.24, 2.45) is 5.73 Å². The van der Waals surface area contributed by atoms with Crippen LogP contribution >= 0.6 is 0 Å². The summed E-state index contributed by atoms with van der Waals surface area (Å²) in [5, 5.41) is 2.76. The fourth-order valence-corrected chi connectivity index (χ4v) is 1.35.